The van der Waals surface area contributed by atoms with Crippen LogP contribution in [0.5, 0.6) is 0 Å². The molecule has 2 N–H and O–H groups in total. The van der Waals surface area contributed by atoms with Gasteiger partial charge in [-0.2, -0.15) is 0 Å². The Balaban J connectivity index is 1.11. The van der Waals surface area contributed by atoms with Crippen molar-refractivity contribution < 1.29 is 0 Å². The number of hydrogen-bond acceptors (Lipinski definition) is 2. The zero-order valence-electron chi connectivity index (χ0n) is 38.0. The lowest BCUT2D eigenvalue weighted by Crippen LogP contribution is -2.56. The standard InChI is InChI=1S/C56H78N2P2/c1-53(2,47-15-7-5-8-16-47)49-29-45(37-59(51-19-11-13-21-57-51)52-20-12-14-22-58-52)46(30-50(49)54(3,4)48-17-9-6-10-18-48)38-60(55-31-39-23-40(32-55)25-41(24-39)33-55)56-34-42-26-43(35-56)28-44(27-42)36-56/h5-10,15-18,29-30,39-44,51-52,57-58H,11-14,19-28,31-38H2,1-4H3. The molecule has 3 aromatic carbocycles. The number of hydrogen-bond donors (Lipinski definition) is 2. The molecule has 2 saturated heterocycles. The topological polar surface area (TPSA) is 24.1 Å². The van der Waals surface area contributed by atoms with Gasteiger partial charge in [0.25, 0.3) is 0 Å². The first kappa shape index (κ1) is 41.2. The summed E-state index contributed by atoms with van der Waals surface area (Å²) in [5, 5.41) is 9.65. The van der Waals surface area contributed by atoms with Gasteiger partial charge in [0.2, 0.25) is 0 Å². The van der Waals surface area contributed by atoms with Gasteiger partial charge in [-0.25, -0.2) is 0 Å². The Hall–Kier alpha value is -1.56. The minimum atomic E-state index is -0.268. The third kappa shape index (κ3) is 7.47. The number of nitrogens with one attached hydrogen (secondary N) is 2. The SMILES string of the molecule is CC(C)(c1ccccc1)c1cc(CP(C2CCCCN2)C2CCCCN2)c(CP(C23CC4CC(CC(C4)C2)C3)C23CC4CC(CC(C4)C2)C3)cc1C(C)(C)c1ccccc1. The smallest absolute Gasteiger partial charge is 0.0286 e. The molecule has 3 aromatic rings. The molecule has 8 saturated carbocycles. The van der Waals surface area contributed by atoms with Crippen molar-refractivity contribution in [2.24, 2.45) is 35.5 Å². The fraction of sp³-hybridized carbons (Fsp3) is 0.679. The summed E-state index contributed by atoms with van der Waals surface area (Å²) >= 11 is 0. The highest BCUT2D eigenvalue weighted by Crippen LogP contribution is 2.80. The van der Waals surface area contributed by atoms with Crippen LogP contribution < -0.4 is 10.6 Å². The zero-order chi connectivity index (χ0) is 40.7. The summed E-state index contributed by atoms with van der Waals surface area (Å²) in [5.74, 6) is 7.51. The van der Waals surface area contributed by atoms with Crippen LogP contribution in [0.1, 0.15) is 177 Å². The first-order chi connectivity index (χ1) is 29.1. The molecule has 2 nitrogen and oxygen atoms in total. The van der Waals surface area contributed by atoms with Crippen molar-refractivity contribution in [2.75, 3.05) is 13.1 Å². The second kappa shape index (κ2) is 16.2. The van der Waals surface area contributed by atoms with Gasteiger partial charge in [-0.1, -0.05) is 129 Å². The summed E-state index contributed by atoms with van der Waals surface area (Å²) < 4.78 is 0. The number of piperidine rings is 2. The van der Waals surface area contributed by atoms with Gasteiger partial charge in [-0.05, 0) is 207 Å². The first-order valence-electron chi connectivity index (χ1n) is 25.3. The average Bonchev–Trinajstić information content (AvgIpc) is 3.25. The largest absolute Gasteiger partial charge is 0.310 e. The van der Waals surface area contributed by atoms with Gasteiger partial charge < -0.3 is 10.6 Å². The first-order valence-corrected chi connectivity index (χ1v) is 28.5. The molecular formula is C56H78N2P2. The van der Waals surface area contributed by atoms with Crippen molar-refractivity contribution in [1.29, 1.82) is 0 Å². The van der Waals surface area contributed by atoms with Crippen molar-refractivity contribution >= 4 is 15.8 Å². The third-order valence-corrected chi connectivity index (χ3v) is 26.1. The molecule has 10 aliphatic rings. The molecule has 60 heavy (non-hydrogen) atoms. The molecule has 2 aliphatic heterocycles. The molecule has 0 aromatic heterocycles. The Morgan fingerprint density at radius 2 is 0.867 bits per heavy atom. The highest BCUT2D eigenvalue weighted by Gasteiger charge is 2.62. The number of rotatable bonds is 12. The molecule has 0 radical (unpaired) electrons. The van der Waals surface area contributed by atoms with Crippen molar-refractivity contribution in [2.45, 2.75) is 188 Å². The van der Waals surface area contributed by atoms with E-state index in [2.05, 4.69) is 111 Å². The molecule has 8 aliphatic carbocycles. The minimum absolute atomic E-state index is 0.110. The number of benzene rings is 3. The van der Waals surface area contributed by atoms with Crippen LogP contribution in [0.4, 0.5) is 0 Å². The predicted molar refractivity (Wildman–Crippen MR) is 258 cm³/mol. The van der Waals surface area contributed by atoms with E-state index in [4.69, 9.17) is 0 Å². The van der Waals surface area contributed by atoms with Crippen molar-refractivity contribution in [3.05, 3.63) is 106 Å². The summed E-state index contributed by atoms with van der Waals surface area (Å²) in [4.78, 5) is 0. The fourth-order valence-corrected chi connectivity index (χ4v) is 25.2. The van der Waals surface area contributed by atoms with Crippen LogP contribution in [0.15, 0.2) is 72.8 Å². The van der Waals surface area contributed by atoms with E-state index in [0.717, 1.165) is 35.5 Å². The van der Waals surface area contributed by atoms with E-state index in [1.165, 1.54) is 75.1 Å². The van der Waals surface area contributed by atoms with E-state index in [0.29, 0.717) is 21.9 Å². The summed E-state index contributed by atoms with van der Waals surface area (Å²) in [7, 11) is -0.431. The van der Waals surface area contributed by atoms with Crippen LogP contribution in [0.3, 0.4) is 0 Å². The maximum atomic E-state index is 4.20. The summed E-state index contributed by atoms with van der Waals surface area (Å²) in [6.07, 6.45) is 29.9. The van der Waals surface area contributed by atoms with E-state index < -0.39 is 0 Å². The molecule has 0 spiro atoms. The zero-order valence-corrected chi connectivity index (χ0v) is 39.8. The molecule has 10 fully saturated rings. The molecule has 0 amide bonds. The van der Waals surface area contributed by atoms with Gasteiger partial charge >= 0.3 is 0 Å². The average molecular weight is 841 g/mol. The molecule has 2 unspecified atom stereocenters. The highest BCUT2D eigenvalue weighted by atomic mass is 31.1. The van der Waals surface area contributed by atoms with Crippen LogP contribution >= 0.6 is 15.8 Å². The third-order valence-electron chi connectivity index (χ3n) is 18.9. The molecule has 8 bridgehead atoms. The van der Waals surface area contributed by atoms with E-state index in [-0.39, 0.29) is 26.7 Å². The quantitative estimate of drug-likeness (QED) is 0.178. The van der Waals surface area contributed by atoms with Crippen LogP contribution in [-0.2, 0) is 23.2 Å². The maximum absolute atomic E-state index is 4.20. The lowest BCUT2D eigenvalue weighted by molar-refractivity contribution is 0.0184. The van der Waals surface area contributed by atoms with E-state index in [1.54, 1.807) is 93.7 Å². The van der Waals surface area contributed by atoms with Crippen molar-refractivity contribution in [3.63, 3.8) is 0 Å². The van der Waals surface area contributed by atoms with Gasteiger partial charge in [0.05, 0.1) is 0 Å². The lowest BCUT2D eigenvalue weighted by Gasteiger charge is -2.67. The molecular weight excluding hydrogens is 763 g/mol. The fourth-order valence-electron chi connectivity index (χ4n) is 16.7. The second-order valence-corrected chi connectivity index (χ2v) is 29.3. The monoisotopic (exact) mass is 841 g/mol. The summed E-state index contributed by atoms with van der Waals surface area (Å²) in [6.45, 7) is 12.7. The molecule has 2 atom stereocenters. The summed E-state index contributed by atoms with van der Waals surface area (Å²) in [6, 6.07) is 29.1. The Bertz CT molecular complexity index is 1840. The van der Waals surface area contributed by atoms with Gasteiger partial charge in [0, 0.05) is 22.4 Å². The second-order valence-electron chi connectivity index (χ2n) is 23.6. The molecule has 4 heteroatoms. The minimum Gasteiger partial charge on any atom is -0.310 e. The van der Waals surface area contributed by atoms with Crippen molar-refractivity contribution in [1.82, 2.24) is 10.6 Å². The Morgan fingerprint density at radius 3 is 1.22 bits per heavy atom. The molecule has 13 rings (SSSR count). The van der Waals surface area contributed by atoms with Gasteiger partial charge in [-0.15, -0.1) is 0 Å². The van der Waals surface area contributed by atoms with Crippen LogP contribution in [-0.4, -0.2) is 35.0 Å². The van der Waals surface area contributed by atoms with Crippen LogP contribution in [0.2, 0.25) is 0 Å². The summed E-state index contributed by atoms with van der Waals surface area (Å²) in [5.41, 5.74) is 9.45. The van der Waals surface area contributed by atoms with E-state index in [1.807, 2.05) is 5.56 Å². The maximum Gasteiger partial charge on any atom is 0.0286 e. The van der Waals surface area contributed by atoms with Gasteiger partial charge in [-0.3, -0.25) is 0 Å². The van der Waals surface area contributed by atoms with Gasteiger partial charge in [0.15, 0.2) is 0 Å². The van der Waals surface area contributed by atoms with Crippen LogP contribution in [0.25, 0.3) is 0 Å². The normalized spacial score (nSPS) is 37.0. The van der Waals surface area contributed by atoms with E-state index >= 15 is 0 Å². The predicted octanol–water partition coefficient (Wildman–Crippen LogP) is 14.4. The van der Waals surface area contributed by atoms with Crippen molar-refractivity contribution in [3.8, 4) is 0 Å². The molecule has 2 heterocycles. The van der Waals surface area contributed by atoms with Gasteiger partial charge in [0.1, 0.15) is 0 Å². The lowest BCUT2D eigenvalue weighted by atomic mass is 9.55. The highest BCUT2D eigenvalue weighted by molar-refractivity contribution is 7.60. The molecule has 322 valence electrons. The van der Waals surface area contributed by atoms with Crippen LogP contribution in [0, 0.1) is 35.5 Å². The Morgan fingerprint density at radius 1 is 0.500 bits per heavy atom. The Labute approximate surface area is 367 Å². The Kier molecular flexibility index (Phi) is 11.1. The van der Waals surface area contributed by atoms with E-state index in [9.17, 15) is 0 Å².